The lowest BCUT2D eigenvalue weighted by Crippen LogP contribution is -2.44. The van der Waals surface area contributed by atoms with Gasteiger partial charge in [-0.05, 0) is 62.2 Å². The van der Waals surface area contributed by atoms with Gasteiger partial charge in [0.05, 0.1) is 5.60 Å². The van der Waals surface area contributed by atoms with Crippen molar-refractivity contribution >= 4 is 0 Å². The third kappa shape index (κ3) is 1.54. The summed E-state index contributed by atoms with van der Waals surface area (Å²) in [6.45, 7) is 2.36. The maximum absolute atomic E-state index is 10.9. The molecule has 3 rings (SSSR count). The molecule has 15 heavy (non-hydrogen) atoms. The zero-order valence-corrected chi connectivity index (χ0v) is 9.91. The molecule has 0 radical (unpaired) electrons. The van der Waals surface area contributed by atoms with Crippen LogP contribution in [-0.2, 0) is 0 Å². The minimum atomic E-state index is -0.238. The van der Waals surface area contributed by atoms with Crippen molar-refractivity contribution in [3.8, 4) is 0 Å². The number of hydrogen-bond acceptors (Lipinski definition) is 1. The van der Waals surface area contributed by atoms with Crippen molar-refractivity contribution in [2.75, 3.05) is 0 Å². The van der Waals surface area contributed by atoms with Crippen LogP contribution >= 0.6 is 0 Å². The lowest BCUT2D eigenvalue weighted by atomic mass is 9.67. The van der Waals surface area contributed by atoms with Gasteiger partial charge in [-0.1, -0.05) is 19.8 Å². The second-order valence-corrected chi connectivity index (χ2v) is 6.54. The average molecular weight is 208 g/mol. The molecule has 0 amide bonds. The molecule has 3 fully saturated rings. The second kappa shape index (κ2) is 3.48. The molecule has 0 aromatic carbocycles. The average Bonchev–Trinajstić information content (AvgIpc) is 2.78. The summed E-state index contributed by atoms with van der Waals surface area (Å²) < 4.78 is 0. The Bertz CT molecular complexity index is 250. The molecule has 1 nitrogen and oxygen atoms in total. The van der Waals surface area contributed by atoms with Crippen molar-refractivity contribution in [2.24, 2.45) is 23.7 Å². The second-order valence-electron chi connectivity index (χ2n) is 6.54. The van der Waals surface area contributed by atoms with Gasteiger partial charge in [-0.25, -0.2) is 0 Å². The molecule has 1 N–H and O–H groups in total. The predicted molar refractivity (Wildman–Crippen MR) is 61.5 cm³/mol. The van der Waals surface area contributed by atoms with Gasteiger partial charge in [0.25, 0.3) is 0 Å². The highest BCUT2D eigenvalue weighted by Crippen LogP contribution is 2.56. The Morgan fingerprint density at radius 3 is 2.40 bits per heavy atom. The molecule has 3 saturated carbocycles. The van der Waals surface area contributed by atoms with Crippen molar-refractivity contribution in [3.05, 3.63) is 0 Å². The van der Waals surface area contributed by atoms with E-state index in [-0.39, 0.29) is 5.60 Å². The topological polar surface area (TPSA) is 20.2 Å². The van der Waals surface area contributed by atoms with Crippen LogP contribution in [0.4, 0.5) is 0 Å². The van der Waals surface area contributed by atoms with E-state index >= 15 is 0 Å². The molecule has 5 unspecified atom stereocenters. The number of aliphatic hydroxyl groups is 1. The molecule has 0 aromatic rings. The van der Waals surface area contributed by atoms with E-state index in [0.29, 0.717) is 11.8 Å². The Kier molecular flexibility index (Phi) is 2.35. The fraction of sp³-hybridized carbons (Fsp3) is 1.00. The van der Waals surface area contributed by atoms with E-state index in [4.69, 9.17) is 0 Å². The Hall–Kier alpha value is -0.0400. The van der Waals surface area contributed by atoms with Crippen LogP contribution in [0.25, 0.3) is 0 Å². The van der Waals surface area contributed by atoms with Gasteiger partial charge in [-0.2, -0.15) is 0 Å². The van der Waals surface area contributed by atoms with Crippen LogP contribution < -0.4 is 0 Å². The quantitative estimate of drug-likeness (QED) is 0.700. The summed E-state index contributed by atoms with van der Waals surface area (Å²) in [4.78, 5) is 0. The molecular formula is C14H24O. The zero-order chi connectivity index (χ0) is 10.5. The number of fused-ring (bicyclic) bond motifs is 2. The van der Waals surface area contributed by atoms with Crippen molar-refractivity contribution in [2.45, 2.75) is 63.9 Å². The summed E-state index contributed by atoms with van der Waals surface area (Å²) in [5.41, 5.74) is -0.238. The smallest absolute Gasteiger partial charge is 0.0706 e. The van der Waals surface area contributed by atoms with Gasteiger partial charge in [0.15, 0.2) is 0 Å². The number of rotatable bonds is 1. The summed E-state index contributed by atoms with van der Waals surface area (Å²) in [5, 5.41) is 10.9. The van der Waals surface area contributed by atoms with E-state index in [0.717, 1.165) is 18.3 Å². The third-order valence-corrected chi connectivity index (χ3v) is 5.51. The Labute approximate surface area is 93.3 Å². The molecule has 0 aliphatic heterocycles. The molecule has 0 spiro atoms. The van der Waals surface area contributed by atoms with Crippen LogP contribution in [0.3, 0.4) is 0 Å². The van der Waals surface area contributed by atoms with Crippen LogP contribution in [0, 0.1) is 23.7 Å². The fourth-order valence-corrected chi connectivity index (χ4v) is 4.73. The van der Waals surface area contributed by atoms with Gasteiger partial charge >= 0.3 is 0 Å². The first-order valence-electron chi connectivity index (χ1n) is 6.91. The van der Waals surface area contributed by atoms with E-state index in [1.807, 2.05) is 0 Å². The highest BCUT2D eigenvalue weighted by atomic mass is 16.3. The SMILES string of the molecule is CC1CCCC(C2(O)CC3CCC2C3)C1. The van der Waals surface area contributed by atoms with E-state index in [2.05, 4.69) is 6.92 Å². The fourth-order valence-electron chi connectivity index (χ4n) is 4.73. The van der Waals surface area contributed by atoms with E-state index in [1.165, 1.54) is 44.9 Å². The summed E-state index contributed by atoms with van der Waals surface area (Å²) in [5.74, 6) is 3.03. The van der Waals surface area contributed by atoms with Crippen LogP contribution in [0.5, 0.6) is 0 Å². The van der Waals surface area contributed by atoms with Crippen molar-refractivity contribution in [1.29, 1.82) is 0 Å². The summed E-state index contributed by atoms with van der Waals surface area (Å²) >= 11 is 0. The Morgan fingerprint density at radius 1 is 1.00 bits per heavy atom. The highest BCUT2D eigenvalue weighted by Gasteiger charge is 2.53. The largest absolute Gasteiger partial charge is 0.389 e. The first-order valence-corrected chi connectivity index (χ1v) is 6.91. The monoisotopic (exact) mass is 208 g/mol. The summed E-state index contributed by atoms with van der Waals surface area (Å²) in [7, 11) is 0. The summed E-state index contributed by atoms with van der Waals surface area (Å²) in [6.07, 6.45) is 10.5. The Morgan fingerprint density at radius 2 is 1.80 bits per heavy atom. The molecule has 1 heteroatoms. The minimum absolute atomic E-state index is 0.238. The molecule has 86 valence electrons. The van der Waals surface area contributed by atoms with Crippen molar-refractivity contribution < 1.29 is 5.11 Å². The van der Waals surface area contributed by atoms with Gasteiger partial charge in [-0.15, -0.1) is 0 Å². The first kappa shape index (κ1) is 10.1. The van der Waals surface area contributed by atoms with Gasteiger partial charge in [0, 0.05) is 0 Å². The molecule has 0 aromatic heterocycles. The van der Waals surface area contributed by atoms with E-state index < -0.39 is 0 Å². The maximum Gasteiger partial charge on any atom is 0.0706 e. The molecular weight excluding hydrogens is 184 g/mol. The molecule has 3 aliphatic carbocycles. The molecule has 0 saturated heterocycles. The van der Waals surface area contributed by atoms with Gasteiger partial charge in [0.2, 0.25) is 0 Å². The standard InChI is InChI=1S/C14H24O/c1-10-3-2-4-12(7-10)14(15)9-11-5-6-13(14)8-11/h10-13,15H,2-9H2,1H3. The van der Waals surface area contributed by atoms with Crippen LogP contribution in [-0.4, -0.2) is 10.7 Å². The van der Waals surface area contributed by atoms with E-state index in [1.54, 1.807) is 0 Å². The first-order chi connectivity index (χ1) is 7.18. The van der Waals surface area contributed by atoms with Crippen LogP contribution in [0.2, 0.25) is 0 Å². The van der Waals surface area contributed by atoms with Gasteiger partial charge in [0.1, 0.15) is 0 Å². The molecule has 3 aliphatic rings. The molecule has 5 atom stereocenters. The highest BCUT2D eigenvalue weighted by molar-refractivity contribution is 5.05. The lowest BCUT2D eigenvalue weighted by Gasteiger charge is -2.43. The third-order valence-electron chi connectivity index (χ3n) is 5.51. The lowest BCUT2D eigenvalue weighted by molar-refractivity contribution is -0.0814. The van der Waals surface area contributed by atoms with Gasteiger partial charge in [-0.3, -0.25) is 0 Å². The van der Waals surface area contributed by atoms with E-state index in [9.17, 15) is 5.11 Å². The Balaban J connectivity index is 1.75. The van der Waals surface area contributed by atoms with Gasteiger partial charge < -0.3 is 5.11 Å². The molecule has 0 heterocycles. The molecule has 2 bridgehead atoms. The maximum atomic E-state index is 10.9. The van der Waals surface area contributed by atoms with Crippen molar-refractivity contribution in [1.82, 2.24) is 0 Å². The van der Waals surface area contributed by atoms with Crippen LogP contribution in [0.15, 0.2) is 0 Å². The van der Waals surface area contributed by atoms with Crippen LogP contribution in [0.1, 0.15) is 58.3 Å². The van der Waals surface area contributed by atoms with Crippen molar-refractivity contribution in [3.63, 3.8) is 0 Å². The summed E-state index contributed by atoms with van der Waals surface area (Å²) in [6, 6.07) is 0. The number of hydrogen-bond donors (Lipinski definition) is 1. The minimum Gasteiger partial charge on any atom is -0.389 e. The zero-order valence-electron chi connectivity index (χ0n) is 9.91. The predicted octanol–water partition coefficient (Wildman–Crippen LogP) is 3.36. The normalized spacial score (nSPS) is 54.8.